The number of amides is 1. The summed E-state index contributed by atoms with van der Waals surface area (Å²) in [6, 6.07) is 8.61. The normalized spacial score (nSPS) is 20.9. The first-order valence-corrected chi connectivity index (χ1v) is 7.52. The Morgan fingerprint density at radius 3 is 2.95 bits per heavy atom. The third kappa shape index (κ3) is 3.04. The number of carbonyl (C=O) groups excluding carboxylic acids is 1. The van der Waals surface area contributed by atoms with Crippen molar-refractivity contribution in [3.63, 3.8) is 0 Å². The number of piperazine rings is 1. The van der Waals surface area contributed by atoms with Gasteiger partial charge in [-0.1, -0.05) is 24.3 Å². The summed E-state index contributed by atoms with van der Waals surface area (Å²) in [5.41, 5.74) is 2.66. The van der Waals surface area contributed by atoms with Gasteiger partial charge >= 0.3 is 0 Å². The monoisotopic (exact) mass is 305 g/mol. The second kappa shape index (κ2) is 6.31. The summed E-state index contributed by atoms with van der Waals surface area (Å²) < 4.78 is 0. The van der Waals surface area contributed by atoms with Crippen LogP contribution in [0.15, 0.2) is 24.3 Å². The van der Waals surface area contributed by atoms with Crippen molar-refractivity contribution in [3.8, 4) is 0 Å². The molecular weight excluding hydrogens is 286 g/mol. The number of rotatable bonds is 4. The topological polar surface area (TPSA) is 75.9 Å². The molecule has 0 N–H and O–H groups in total. The lowest BCUT2D eigenvalue weighted by Crippen LogP contribution is -2.52. The zero-order chi connectivity index (χ0) is 15.5. The molecule has 0 radical (unpaired) electrons. The maximum atomic E-state index is 12.2. The minimum Gasteiger partial charge on any atom is -0.339 e. The van der Waals surface area contributed by atoms with Crippen LogP contribution < -0.4 is 0 Å². The number of benzene rings is 1. The van der Waals surface area contributed by atoms with Crippen molar-refractivity contribution in [1.82, 2.24) is 9.80 Å². The highest BCUT2D eigenvalue weighted by molar-refractivity contribution is 5.76. The average Bonchev–Trinajstić information content (AvgIpc) is 2.53. The van der Waals surface area contributed by atoms with E-state index in [2.05, 4.69) is 27.9 Å². The van der Waals surface area contributed by atoms with Gasteiger partial charge in [0.2, 0.25) is 5.91 Å². The maximum Gasteiger partial charge on any atom is 0.294 e. The van der Waals surface area contributed by atoms with Crippen molar-refractivity contribution in [3.05, 3.63) is 45.5 Å². The molecule has 1 aromatic carbocycles. The van der Waals surface area contributed by atoms with Gasteiger partial charge in [0.1, 0.15) is 6.61 Å². The molecule has 0 aliphatic carbocycles. The number of hydrogen-bond donors (Lipinski definition) is 0. The first-order valence-electron chi connectivity index (χ1n) is 7.52. The summed E-state index contributed by atoms with van der Waals surface area (Å²) in [4.78, 5) is 30.7. The second-order valence-corrected chi connectivity index (χ2v) is 5.65. The summed E-state index contributed by atoms with van der Waals surface area (Å²) in [6.07, 6.45) is 1.10. The Bertz CT molecular complexity index is 578. The summed E-state index contributed by atoms with van der Waals surface area (Å²) in [6.45, 7) is 3.02. The molecule has 2 aliphatic heterocycles. The lowest BCUT2D eigenvalue weighted by atomic mass is 9.91. The van der Waals surface area contributed by atoms with Crippen molar-refractivity contribution in [2.75, 3.05) is 32.8 Å². The van der Waals surface area contributed by atoms with Gasteiger partial charge in [-0.05, 0) is 17.5 Å². The fraction of sp³-hybridized carbons (Fsp3) is 0.533. The van der Waals surface area contributed by atoms with Crippen LogP contribution in [0.3, 0.4) is 0 Å². The SMILES string of the molecule is O=C(CCO[N+](=O)[O-])N1CCN2CCc3ccccc3C2C1. The van der Waals surface area contributed by atoms with Gasteiger partial charge < -0.3 is 9.74 Å². The molecule has 0 spiro atoms. The summed E-state index contributed by atoms with van der Waals surface area (Å²) in [5.74, 6) is -0.0791. The third-order valence-electron chi connectivity index (χ3n) is 4.44. The van der Waals surface area contributed by atoms with Gasteiger partial charge in [0.25, 0.3) is 5.09 Å². The molecule has 1 amide bonds. The van der Waals surface area contributed by atoms with Crippen LogP contribution in [-0.4, -0.2) is 53.6 Å². The van der Waals surface area contributed by atoms with Crippen LogP contribution in [0.2, 0.25) is 0 Å². The van der Waals surface area contributed by atoms with E-state index in [0.717, 1.165) is 19.5 Å². The van der Waals surface area contributed by atoms with E-state index in [9.17, 15) is 14.9 Å². The van der Waals surface area contributed by atoms with Crippen LogP contribution in [0, 0.1) is 10.1 Å². The van der Waals surface area contributed by atoms with E-state index in [4.69, 9.17) is 0 Å². The van der Waals surface area contributed by atoms with Crippen LogP contribution in [0.5, 0.6) is 0 Å². The molecule has 1 fully saturated rings. The number of carbonyl (C=O) groups is 1. The van der Waals surface area contributed by atoms with Gasteiger partial charge in [0.15, 0.2) is 0 Å². The van der Waals surface area contributed by atoms with E-state index in [-0.39, 0.29) is 25.0 Å². The zero-order valence-electron chi connectivity index (χ0n) is 12.3. The average molecular weight is 305 g/mol. The van der Waals surface area contributed by atoms with Gasteiger partial charge in [-0.3, -0.25) is 9.69 Å². The lowest BCUT2D eigenvalue weighted by molar-refractivity contribution is -0.757. The Balaban J connectivity index is 1.64. The van der Waals surface area contributed by atoms with Crippen LogP contribution in [0.1, 0.15) is 23.6 Å². The van der Waals surface area contributed by atoms with Gasteiger partial charge in [-0.15, -0.1) is 10.1 Å². The van der Waals surface area contributed by atoms with E-state index in [1.165, 1.54) is 11.1 Å². The first kappa shape index (κ1) is 14.8. The van der Waals surface area contributed by atoms with E-state index in [1.54, 1.807) is 4.90 Å². The van der Waals surface area contributed by atoms with Gasteiger partial charge in [-0.25, -0.2) is 0 Å². The van der Waals surface area contributed by atoms with Crippen LogP contribution in [0.25, 0.3) is 0 Å². The molecule has 3 rings (SSSR count). The van der Waals surface area contributed by atoms with E-state index in [0.29, 0.717) is 13.1 Å². The van der Waals surface area contributed by atoms with Gasteiger partial charge in [-0.2, -0.15) is 0 Å². The van der Waals surface area contributed by atoms with Gasteiger partial charge in [0.05, 0.1) is 12.5 Å². The molecule has 0 bridgehead atoms. The standard InChI is InChI=1S/C15H19N3O4/c19-15(6-10-22-18(20)21)17-9-8-16-7-5-12-3-1-2-4-13(12)14(16)11-17/h1-4,14H,5-11H2. The lowest BCUT2D eigenvalue weighted by Gasteiger charge is -2.45. The fourth-order valence-corrected chi connectivity index (χ4v) is 3.33. The van der Waals surface area contributed by atoms with Crippen molar-refractivity contribution in [2.45, 2.75) is 18.9 Å². The maximum absolute atomic E-state index is 12.2. The molecule has 0 saturated carbocycles. The molecule has 1 unspecified atom stereocenters. The minimum atomic E-state index is -0.859. The number of hydrogen-bond acceptors (Lipinski definition) is 5. The smallest absolute Gasteiger partial charge is 0.294 e. The van der Waals surface area contributed by atoms with E-state index >= 15 is 0 Å². The molecule has 7 heteroatoms. The zero-order valence-corrected chi connectivity index (χ0v) is 12.3. The number of nitrogens with zero attached hydrogens (tertiary/aromatic N) is 3. The molecule has 0 aromatic heterocycles. The molecule has 118 valence electrons. The van der Waals surface area contributed by atoms with E-state index in [1.807, 2.05) is 6.07 Å². The van der Waals surface area contributed by atoms with Crippen molar-refractivity contribution in [1.29, 1.82) is 0 Å². The minimum absolute atomic E-state index is 0.0509. The quantitative estimate of drug-likeness (QED) is 0.613. The Labute approximate surface area is 128 Å². The number of fused-ring (bicyclic) bond motifs is 3. The van der Waals surface area contributed by atoms with Gasteiger partial charge in [0, 0.05) is 26.2 Å². The molecular formula is C15H19N3O4. The molecule has 7 nitrogen and oxygen atoms in total. The second-order valence-electron chi connectivity index (χ2n) is 5.65. The highest BCUT2D eigenvalue weighted by atomic mass is 16.9. The van der Waals surface area contributed by atoms with Crippen LogP contribution in [-0.2, 0) is 16.1 Å². The fourth-order valence-electron chi connectivity index (χ4n) is 3.33. The molecule has 2 aliphatic rings. The highest BCUT2D eigenvalue weighted by Crippen LogP contribution is 2.32. The predicted octanol–water partition coefficient (Wildman–Crippen LogP) is 1.03. The molecule has 2 heterocycles. The Kier molecular flexibility index (Phi) is 4.24. The Hall–Kier alpha value is -2.15. The molecule has 22 heavy (non-hydrogen) atoms. The van der Waals surface area contributed by atoms with Crippen molar-refractivity contribution < 1.29 is 14.7 Å². The molecule has 1 saturated heterocycles. The van der Waals surface area contributed by atoms with Crippen molar-refractivity contribution in [2.24, 2.45) is 0 Å². The van der Waals surface area contributed by atoms with Crippen LogP contribution >= 0.6 is 0 Å². The Morgan fingerprint density at radius 2 is 2.14 bits per heavy atom. The molecule has 1 atom stereocenters. The largest absolute Gasteiger partial charge is 0.339 e. The summed E-state index contributed by atoms with van der Waals surface area (Å²) in [7, 11) is 0. The Morgan fingerprint density at radius 1 is 1.32 bits per heavy atom. The van der Waals surface area contributed by atoms with Crippen LogP contribution in [0.4, 0.5) is 0 Å². The predicted molar refractivity (Wildman–Crippen MR) is 78.6 cm³/mol. The summed E-state index contributed by atoms with van der Waals surface area (Å²) in [5, 5.41) is 9.28. The summed E-state index contributed by atoms with van der Waals surface area (Å²) >= 11 is 0. The van der Waals surface area contributed by atoms with E-state index < -0.39 is 5.09 Å². The first-order chi connectivity index (χ1) is 10.6. The highest BCUT2D eigenvalue weighted by Gasteiger charge is 2.33. The third-order valence-corrected chi connectivity index (χ3v) is 4.44. The molecule has 1 aromatic rings. The van der Waals surface area contributed by atoms with Crippen molar-refractivity contribution >= 4 is 5.91 Å².